The Morgan fingerprint density at radius 3 is 2.89 bits per heavy atom. The van der Waals surface area contributed by atoms with E-state index < -0.39 is 5.97 Å². The van der Waals surface area contributed by atoms with Gasteiger partial charge in [-0.25, -0.2) is 4.79 Å². The number of benzene rings is 1. The van der Waals surface area contributed by atoms with Crippen LogP contribution in [0, 0.1) is 6.92 Å². The highest BCUT2D eigenvalue weighted by atomic mass is 16.5. The highest BCUT2D eigenvalue weighted by molar-refractivity contribution is 5.95. The maximum absolute atomic E-state index is 11.2. The second-order valence-electron chi connectivity index (χ2n) is 4.60. The van der Waals surface area contributed by atoms with Gasteiger partial charge in [0.2, 0.25) is 0 Å². The van der Waals surface area contributed by atoms with Crippen LogP contribution in [0.15, 0.2) is 22.7 Å². The number of hydrogen-bond donors (Lipinski definition) is 1. The van der Waals surface area contributed by atoms with Crippen molar-refractivity contribution in [3.63, 3.8) is 0 Å². The number of aromatic carboxylic acids is 1. The molecule has 0 aliphatic heterocycles. The first-order valence-corrected chi connectivity index (χ1v) is 5.98. The van der Waals surface area contributed by atoms with Crippen LogP contribution in [0.3, 0.4) is 0 Å². The Balaban J connectivity index is 2.13. The van der Waals surface area contributed by atoms with Gasteiger partial charge < -0.3 is 9.63 Å². The van der Waals surface area contributed by atoms with Crippen LogP contribution in [-0.2, 0) is 12.8 Å². The van der Waals surface area contributed by atoms with Crippen molar-refractivity contribution in [3.05, 3.63) is 40.6 Å². The predicted octanol–water partition coefficient (Wildman–Crippen LogP) is 2.84. The fraction of sp³-hybridized carbons (Fsp3) is 0.286. The molecule has 4 heteroatoms. The fourth-order valence-electron chi connectivity index (χ4n) is 2.54. The Bertz CT molecular complexity index is 628. The SMILES string of the molecule is Cc1onc(-c2ccc3c(c2)CCC3)c1C(=O)O. The third kappa shape index (κ3) is 1.61. The summed E-state index contributed by atoms with van der Waals surface area (Å²) in [5, 5.41) is 13.1. The van der Waals surface area contributed by atoms with Gasteiger partial charge in [-0.15, -0.1) is 0 Å². The molecule has 0 radical (unpaired) electrons. The molecular formula is C14H13NO3. The fourth-order valence-corrected chi connectivity index (χ4v) is 2.54. The minimum Gasteiger partial charge on any atom is -0.477 e. The van der Waals surface area contributed by atoms with Crippen LogP contribution in [0.4, 0.5) is 0 Å². The number of carboxylic acids is 1. The Kier molecular flexibility index (Phi) is 2.44. The van der Waals surface area contributed by atoms with E-state index in [2.05, 4.69) is 11.2 Å². The Morgan fingerprint density at radius 1 is 1.33 bits per heavy atom. The second kappa shape index (κ2) is 3.98. The maximum atomic E-state index is 11.2. The van der Waals surface area contributed by atoms with E-state index in [1.165, 1.54) is 17.5 Å². The highest BCUT2D eigenvalue weighted by Gasteiger charge is 2.22. The Morgan fingerprint density at radius 2 is 2.11 bits per heavy atom. The summed E-state index contributed by atoms with van der Waals surface area (Å²) in [6.07, 6.45) is 3.34. The standard InChI is InChI=1S/C14H13NO3/c1-8-12(14(16)17)13(15-18-8)11-6-5-9-3-2-4-10(9)7-11/h5-7H,2-4H2,1H3,(H,16,17). The molecule has 1 N–H and O–H groups in total. The van der Waals surface area contributed by atoms with Crippen molar-refractivity contribution in [2.75, 3.05) is 0 Å². The number of aryl methyl sites for hydroxylation is 3. The topological polar surface area (TPSA) is 63.3 Å². The van der Waals surface area contributed by atoms with Crippen LogP contribution in [0.25, 0.3) is 11.3 Å². The van der Waals surface area contributed by atoms with Crippen molar-refractivity contribution in [1.29, 1.82) is 0 Å². The minimum absolute atomic E-state index is 0.160. The molecule has 1 aliphatic carbocycles. The largest absolute Gasteiger partial charge is 0.477 e. The molecule has 0 amide bonds. The third-order valence-electron chi connectivity index (χ3n) is 3.45. The lowest BCUT2D eigenvalue weighted by Crippen LogP contribution is -1.99. The molecule has 0 saturated carbocycles. The van der Waals surface area contributed by atoms with Gasteiger partial charge in [0.15, 0.2) is 0 Å². The Labute approximate surface area is 104 Å². The molecule has 0 bridgehead atoms. The van der Waals surface area contributed by atoms with Crippen molar-refractivity contribution < 1.29 is 14.4 Å². The van der Waals surface area contributed by atoms with Gasteiger partial charge in [0.05, 0.1) is 0 Å². The van der Waals surface area contributed by atoms with Gasteiger partial charge in [0.1, 0.15) is 17.0 Å². The zero-order valence-electron chi connectivity index (χ0n) is 10.1. The molecule has 0 spiro atoms. The molecule has 1 aromatic carbocycles. The first-order chi connectivity index (χ1) is 8.66. The van der Waals surface area contributed by atoms with Gasteiger partial charge in [0.25, 0.3) is 0 Å². The van der Waals surface area contributed by atoms with E-state index in [1.807, 2.05) is 12.1 Å². The van der Waals surface area contributed by atoms with Gasteiger partial charge in [-0.05, 0) is 43.4 Å². The van der Waals surface area contributed by atoms with Gasteiger partial charge in [-0.3, -0.25) is 0 Å². The number of fused-ring (bicyclic) bond motifs is 1. The summed E-state index contributed by atoms with van der Waals surface area (Å²) in [6, 6.07) is 6.02. The number of carbonyl (C=O) groups is 1. The lowest BCUT2D eigenvalue weighted by atomic mass is 10.0. The molecule has 1 aliphatic rings. The van der Waals surface area contributed by atoms with E-state index in [0.29, 0.717) is 11.5 Å². The summed E-state index contributed by atoms with van der Waals surface area (Å²) in [6.45, 7) is 1.62. The van der Waals surface area contributed by atoms with Gasteiger partial charge in [-0.1, -0.05) is 17.3 Å². The summed E-state index contributed by atoms with van der Waals surface area (Å²) in [7, 11) is 0. The van der Waals surface area contributed by atoms with Crippen LogP contribution in [0.2, 0.25) is 0 Å². The molecule has 1 heterocycles. The first kappa shape index (κ1) is 11.0. The maximum Gasteiger partial charge on any atom is 0.341 e. The normalized spacial score (nSPS) is 13.6. The lowest BCUT2D eigenvalue weighted by Gasteiger charge is -2.03. The molecule has 0 saturated heterocycles. The van der Waals surface area contributed by atoms with Crippen molar-refractivity contribution >= 4 is 5.97 Å². The summed E-state index contributed by atoms with van der Waals surface area (Å²) < 4.78 is 5.00. The van der Waals surface area contributed by atoms with Crippen LogP contribution >= 0.6 is 0 Å². The average molecular weight is 243 g/mol. The van der Waals surface area contributed by atoms with Crippen LogP contribution in [0.5, 0.6) is 0 Å². The van der Waals surface area contributed by atoms with E-state index in [4.69, 9.17) is 4.52 Å². The molecule has 4 nitrogen and oxygen atoms in total. The monoisotopic (exact) mass is 243 g/mol. The van der Waals surface area contributed by atoms with E-state index in [9.17, 15) is 9.90 Å². The van der Waals surface area contributed by atoms with Crippen LogP contribution in [0.1, 0.15) is 33.7 Å². The second-order valence-corrected chi connectivity index (χ2v) is 4.60. The molecule has 0 fully saturated rings. The molecule has 0 unspecified atom stereocenters. The van der Waals surface area contributed by atoms with Crippen molar-refractivity contribution in [2.45, 2.75) is 26.2 Å². The molecular weight excluding hydrogens is 230 g/mol. The molecule has 0 atom stereocenters. The first-order valence-electron chi connectivity index (χ1n) is 5.98. The van der Waals surface area contributed by atoms with Crippen LogP contribution in [-0.4, -0.2) is 16.2 Å². The molecule has 3 rings (SSSR count). The summed E-state index contributed by atoms with van der Waals surface area (Å²) in [5.41, 5.74) is 4.06. The van der Waals surface area contributed by atoms with Gasteiger partial charge >= 0.3 is 5.97 Å². The number of rotatable bonds is 2. The summed E-state index contributed by atoms with van der Waals surface area (Å²) in [4.78, 5) is 11.2. The molecule has 2 aromatic rings. The van der Waals surface area contributed by atoms with E-state index in [-0.39, 0.29) is 5.56 Å². The number of aromatic nitrogens is 1. The van der Waals surface area contributed by atoms with E-state index in [0.717, 1.165) is 18.4 Å². The lowest BCUT2D eigenvalue weighted by molar-refractivity contribution is 0.0696. The molecule has 1 aromatic heterocycles. The molecule has 92 valence electrons. The zero-order valence-corrected chi connectivity index (χ0v) is 10.1. The Hall–Kier alpha value is -2.10. The number of hydrogen-bond acceptors (Lipinski definition) is 3. The summed E-state index contributed by atoms with van der Waals surface area (Å²) in [5.74, 6) is -0.651. The smallest absolute Gasteiger partial charge is 0.341 e. The average Bonchev–Trinajstić information content (AvgIpc) is 2.93. The highest BCUT2D eigenvalue weighted by Crippen LogP contribution is 2.30. The third-order valence-corrected chi connectivity index (χ3v) is 3.45. The predicted molar refractivity (Wildman–Crippen MR) is 65.7 cm³/mol. The van der Waals surface area contributed by atoms with Gasteiger partial charge in [-0.2, -0.15) is 0 Å². The number of carboxylic acid groups (broad SMARTS) is 1. The summed E-state index contributed by atoms with van der Waals surface area (Å²) >= 11 is 0. The quantitative estimate of drug-likeness (QED) is 0.880. The van der Waals surface area contributed by atoms with E-state index in [1.54, 1.807) is 6.92 Å². The minimum atomic E-state index is -0.996. The van der Waals surface area contributed by atoms with E-state index >= 15 is 0 Å². The molecule has 18 heavy (non-hydrogen) atoms. The van der Waals surface area contributed by atoms with Crippen molar-refractivity contribution in [1.82, 2.24) is 5.16 Å². The zero-order chi connectivity index (χ0) is 12.7. The number of nitrogens with zero attached hydrogens (tertiary/aromatic N) is 1. The van der Waals surface area contributed by atoms with Gasteiger partial charge in [0, 0.05) is 5.56 Å². The van der Waals surface area contributed by atoms with Crippen molar-refractivity contribution in [2.24, 2.45) is 0 Å². The van der Waals surface area contributed by atoms with Crippen molar-refractivity contribution in [3.8, 4) is 11.3 Å². The van der Waals surface area contributed by atoms with Crippen LogP contribution < -0.4 is 0 Å².